The van der Waals surface area contributed by atoms with Crippen LogP contribution in [-0.4, -0.2) is 45.2 Å². The zero-order valence-electron chi connectivity index (χ0n) is 10.5. The minimum absolute atomic E-state index is 0.0909. The number of carbonyl (C=O) groups is 1. The summed E-state index contributed by atoms with van der Waals surface area (Å²) in [6.45, 7) is 0.290. The van der Waals surface area contributed by atoms with Crippen molar-refractivity contribution in [1.82, 2.24) is 4.72 Å². The zero-order valence-corrected chi connectivity index (χ0v) is 12.2. The van der Waals surface area contributed by atoms with Crippen molar-refractivity contribution >= 4 is 27.8 Å². The van der Waals surface area contributed by atoms with E-state index in [4.69, 9.17) is 9.84 Å². The molecule has 8 heteroatoms. The van der Waals surface area contributed by atoms with E-state index in [9.17, 15) is 13.2 Å². The molecular formula is C11H15NO5S2. The SMILES string of the molecule is COc1ccc(S(=O)(=O)NCCSC)cc1C(=O)O. The highest BCUT2D eigenvalue weighted by molar-refractivity contribution is 7.98. The quantitative estimate of drug-likeness (QED) is 0.731. The van der Waals surface area contributed by atoms with Crippen LogP contribution in [0.15, 0.2) is 23.1 Å². The van der Waals surface area contributed by atoms with Gasteiger partial charge in [0.1, 0.15) is 11.3 Å². The van der Waals surface area contributed by atoms with Crippen LogP contribution in [-0.2, 0) is 10.0 Å². The first-order valence-electron chi connectivity index (χ1n) is 5.32. The molecule has 1 aromatic rings. The first-order valence-corrected chi connectivity index (χ1v) is 8.20. The first kappa shape index (κ1) is 15.8. The smallest absolute Gasteiger partial charge is 0.339 e. The molecule has 0 aliphatic heterocycles. The number of rotatable bonds is 7. The van der Waals surface area contributed by atoms with E-state index in [0.29, 0.717) is 5.75 Å². The Labute approximate surface area is 116 Å². The van der Waals surface area contributed by atoms with E-state index in [1.54, 1.807) is 0 Å². The van der Waals surface area contributed by atoms with Gasteiger partial charge in [0.2, 0.25) is 10.0 Å². The van der Waals surface area contributed by atoms with E-state index in [1.165, 1.54) is 31.0 Å². The van der Waals surface area contributed by atoms with Crippen LogP contribution in [0.5, 0.6) is 5.75 Å². The van der Waals surface area contributed by atoms with Gasteiger partial charge in [-0.1, -0.05) is 0 Å². The maximum Gasteiger partial charge on any atom is 0.339 e. The summed E-state index contributed by atoms with van der Waals surface area (Å²) in [5.41, 5.74) is -0.185. The van der Waals surface area contributed by atoms with E-state index in [0.717, 1.165) is 6.07 Å². The summed E-state index contributed by atoms with van der Waals surface area (Å²) in [4.78, 5) is 10.9. The molecule has 2 N–H and O–H groups in total. The number of benzene rings is 1. The average Bonchev–Trinajstić information content (AvgIpc) is 2.38. The molecule has 0 heterocycles. The van der Waals surface area contributed by atoms with Crippen LogP contribution in [0.4, 0.5) is 0 Å². The Bertz CT molecular complexity index is 556. The molecule has 19 heavy (non-hydrogen) atoms. The number of sulfonamides is 1. The highest BCUT2D eigenvalue weighted by Crippen LogP contribution is 2.22. The summed E-state index contributed by atoms with van der Waals surface area (Å²) in [5.74, 6) is -0.477. The van der Waals surface area contributed by atoms with E-state index >= 15 is 0 Å². The Morgan fingerprint density at radius 3 is 2.68 bits per heavy atom. The van der Waals surface area contributed by atoms with Gasteiger partial charge in [0.15, 0.2) is 0 Å². The molecule has 0 bridgehead atoms. The fourth-order valence-corrected chi connectivity index (χ4v) is 2.88. The molecular weight excluding hydrogens is 290 g/mol. The monoisotopic (exact) mass is 305 g/mol. The van der Waals surface area contributed by atoms with Gasteiger partial charge in [0.05, 0.1) is 12.0 Å². The molecule has 0 saturated carbocycles. The van der Waals surface area contributed by atoms with Gasteiger partial charge in [-0.05, 0) is 24.5 Å². The van der Waals surface area contributed by atoms with E-state index < -0.39 is 16.0 Å². The summed E-state index contributed by atoms with van der Waals surface area (Å²) in [6.07, 6.45) is 1.87. The van der Waals surface area contributed by atoms with Crippen LogP contribution in [0.3, 0.4) is 0 Å². The van der Waals surface area contributed by atoms with Crippen LogP contribution < -0.4 is 9.46 Å². The summed E-state index contributed by atoms with van der Waals surface area (Å²) in [6, 6.07) is 3.72. The van der Waals surface area contributed by atoms with Crippen molar-refractivity contribution in [3.05, 3.63) is 23.8 Å². The van der Waals surface area contributed by atoms with Gasteiger partial charge in [-0.3, -0.25) is 0 Å². The van der Waals surface area contributed by atoms with E-state index in [1.807, 2.05) is 6.26 Å². The van der Waals surface area contributed by atoms with Crippen LogP contribution in [0.2, 0.25) is 0 Å². The first-order chi connectivity index (χ1) is 8.92. The minimum Gasteiger partial charge on any atom is -0.496 e. The van der Waals surface area contributed by atoms with Gasteiger partial charge in [-0.2, -0.15) is 11.8 Å². The fourth-order valence-electron chi connectivity index (χ4n) is 1.38. The summed E-state index contributed by atoms with van der Waals surface area (Å²) < 4.78 is 31.1. The van der Waals surface area contributed by atoms with Gasteiger partial charge >= 0.3 is 5.97 Å². The molecule has 0 saturated heterocycles. The normalized spacial score (nSPS) is 11.3. The van der Waals surface area contributed by atoms with Crippen molar-refractivity contribution in [3.8, 4) is 5.75 Å². The average molecular weight is 305 g/mol. The number of thioether (sulfide) groups is 1. The van der Waals surface area contributed by atoms with Crippen molar-refractivity contribution in [2.75, 3.05) is 25.7 Å². The molecule has 0 aliphatic rings. The van der Waals surface area contributed by atoms with Crippen molar-refractivity contribution in [3.63, 3.8) is 0 Å². The fraction of sp³-hybridized carbons (Fsp3) is 0.364. The Kier molecular flexibility index (Phi) is 5.64. The number of hydrogen-bond acceptors (Lipinski definition) is 5. The molecule has 106 valence electrons. The number of carboxylic acids is 1. The second-order valence-corrected chi connectivity index (χ2v) is 6.31. The summed E-state index contributed by atoms with van der Waals surface area (Å²) in [7, 11) is -2.37. The zero-order chi connectivity index (χ0) is 14.5. The molecule has 1 aromatic carbocycles. The number of aromatic carboxylic acids is 1. The molecule has 0 atom stereocenters. The lowest BCUT2D eigenvalue weighted by Crippen LogP contribution is -2.26. The van der Waals surface area contributed by atoms with Crippen molar-refractivity contribution in [1.29, 1.82) is 0 Å². The highest BCUT2D eigenvalue weighted by atomic mass is 32.2. The third-order valence-corrected chi connectivity index (χ3v) is 4.38. The standard InChI is InChI=1S/C11H15NO5S2/c1-17-10-4-3-8(7-9(10)11(13)14)19(15,16)12-5-6-18-2/h3-4,7,12H,5-6H2,1-2H3,(H,13,14). The van der Waals surface area contributed by atoms with Gasteiger partial charge in [0, 0.05) is 12.3 Å². The lowest BCUT2D eigenvalue weighted by atomic mass is 10.2. The maximum absolute atomic E-state index is 11.9. The van der Waals surface area contributed by atoms with Crippen LogP contribution in [0.1, 0.15) is 10.4 Å². The Hall–Kier alpha value is -1.25. The molecule has 0 aliphatic carbocycles. The van der Waals surface area contributed by atoms with Gasteiger partial charge in [-0.15, -0.1) is 0 Å². The Morgan fingerprint density at radius 2 is 2.16 bits per heavy atom. The predicted octanol–water partition coefficient (Wildman–Crippen LogP) is 1.03. The molecule has 1 rings (SSSR count). The highest BCUT2D eigenvalue weighted by Gasteiger charge is 2.18. The van der Waals surface area contributed by atoms with E-state index in [-0.39, 0.29) is 22.8 Å². The lowest BCUT2D eigenvalue weighted by molar-refractivity contribution is 0.0693. The second-order valence-electron chi connectivity index (χ2n) is 3.56. The topological polar surface area (TPSA) is 92.7 Å². The third kappa shape index (κ3) is 4.12. The lowest BCUT2D eigenvalue weighted by Gasteiger charge is -2.09. The van der Waals surface area contributed by atoms with Gasteiger partial charge in [-0.25, -0.2) is 17.9 Å². The van der Waals surface area contributed by atoms with Crippen molar-refractivity contribution in [2.24, 2.45) is 0 Å². The van der Waals surface area contributed by atoms with E-state index in [2.05, 4.69) is 4.72 Å². The molecule has 0 radical (unpaired) electrons. The molecule has 0 aromatic heterocycles. The molecule has 0 spiro atoms. The summed E-state index contributed by atoms with van der Waals surface area (Å²) in [5, 5.41) is 9.00. The number of ether oxygens (including phenoxy) is 1. The predicted molar refractivity (Wildman–Crippen MR) is 73.5 cm³/mol. The maximum atomic E-state index is 11.9. The Balaban J connectivity index is 3.07. The van der Waals surface area contributed by atoms with Crippen molar-refractivity contribution < 1.29 is 23.1 Å². The number of methoxy groups -OCH3 is 1. The number of nitrogens with one attached hydrogen (secondary N) is 1. The molecule has 0 fully saturated rings. The molecule has 6 nitrogen and oxygen atoms in total. The summed E-state index contributed by atoms with van der Waals surface area (Å²) >= 11 is 1.51. The van der Waals surface area contributed by atoms with Crippen LogP contribution in [0, 0.1) is 0 Å². The molecule has 0 unspecified atom stereocenters. The molecule has 0 amide bonds. The van der Waals surface area contributed by atoms with Gasteiger partial charge in [0.25, 0.3) is 0 Å². The largest absolute Gasteiger partial charge is 0.496 e. The minimum atomic E-state index is -3.70. The van der Waals surface area contributed by atoms with Gasteiger partial charge < -0.3 is 9.84 Å². The third-order valence-electron chi connectivity index (χ3n) is 2.31. The second kappa shape index (κ2) is 6.78. The van der Waals surface area contributed by atoms with Crippen LogP contribution in [0.25, 0.3) is 0 Å². The number of hydrogen-bond donors (Lipinski definition) is 2. The van der Waals surface area contributed by atoms with Crippen molar-refractivity contribution in [2.45, 2.75) is 4.90 Å². The number of carboxylic acid groups (broad SMARTS) is 1. The van der Waals surface area contributed by atoms with Crippen LogP contribution >= 0.6 is 11.8 Å². The Morgan fingerprint density at radius 1 is 1.47 bits per heavy atom.